The van der Waals surface area contributed by atoms with E-state index in [-0.39, 0.29) is 0 Å². The van der Waals surface area contributed by atoms with Crippen LogP contribution in [0.15, 0.2) is 24.3 Å². The largest absolute Gasteiger partial charge is 0.319 e. The van der Waals surface area contributed by atoms with Crippen molar-refractivity contribution in [2.75, 3.05) is 13.6 Å². The van der Waals surface area contributed by atoms with Gasteiger partial charge in [0.15, 0.2) is 0 Å². The highest BCUT2D eigenvalue weighted by molar-refractivity contribution is 6.32. The molecule has 0 saturated heterocycles. The van der Waals surface area contributed by atoms with Crippen LogP contribution in [0.25, 0.3) is 5.69 Å². The Balaban J connectivity index is 2.44. The van der Waals surface area contributed by atoms with E-state index in [9.17, 15) is 0 Å². The minimum atomic E-state index is 0.725. The van der Waals surface area contributed by atoms with E-state index in [2.05, 4.69) is 17.3 Å². The lowest BCUT2D eigenvalue weighted by Gasteiger charge is -2.07. The van der Waals surface area contributed by atoms with E-state index in [0.29, 0.717) is 0 Å². The number of nitrogens with zero attached hydrogens (tertiary/aromatic N) is 2. The van der Waals surface area contributed by atoms with Crippen molar-refractivity contribution in [1.29, 1.82) is 0 Å². The first-order valence-electron chi connectivity index (χ1n) is 6.09. The van der Waals surface area contributed by atoms with E-state index < -0.39 is 0 Å². The third kappa shape index (κ3) is 2.42. The van der Waals surface area contributed by atoms with E-state index in [1.54, 1.807) is 0 Å². The molecule has 0 saturated carbocycles. The highest BCUT2D eigenvalue weighted by Crippen LogP contribution is 2.23. The van der Waals surface area contributed by atoms with Gasteiger partial charge in [-0.15, -0.1) is 0 Å². The first-order chi connectivity index (χ1) is 8.65. The molecule has 0 spiro atoms. The predicted molar refractivity (Wildman–Crippen MR) is 75.7 cm³/mol. The SMILES string of the molecule is CNCCc1c(C)nn(-c2ccccc2Cl)c1C. The number of benzene rings is 1. The van der Waals surface area contributed by atoms with E-state index in [4.69, 9.17) is 11.6 Å². The Bertz CT molecular complexity index is 546. The van der Waals surface area contributed by atoms with Crippen LogP contribution in [-0.4, -0.2) is 23.4 Å². The number of rotatable bonds is 4. The van der Waals surface area contributed by atoms with Gasteiger partial charge < -0.3 is 5.32 Å². The van der Waals surface area contributed by atoms with Gasteiger partial charge in [-0.05, 0) is 51.6 Å². The predicted octanol–water partition coefficient (Wildman–Crippen LogP) is 2.90. The molecule has 2 aromatic rings. The van der Waals surface area contributed by atoms with Gasteiger partial charge in [0.1, 0.15) is 0 Å². The summed E-state index contributed by atoms with van der Waals surface area (Å²) in [6.45, 7) is 5.09. The van der Waals surface area contributed by atoms with Crippen LogP contribution < -0.4 is 5.32 Å². The second-order valence-electron chi connectivity index (χ2n) is 4.37. The maximum atomic E-state index is 6.22. The zero-order valence-electron chi connectivity index (χ0n) is 11.0. The summed E-state index contributed by atoms with van der Waals surface area (Å²) in [5.41, 5.74) is 4.47. The fraction of sp³-hybridized carbons (Fsp3) is 0.357. The van der Waals surface area contributed by atoms with Crippen molar-refractivity contribution >= 4 is 11.6 Å². The number of likely N-dealkylation sites (N-methyl/N-ethyl adjacent to an activating group) is 1. The Hall–Kier alpha value is -1.32. The quantitative estimate of drug-likeness (QED) is 0.919. The number of hydrogen-bond acceptors (Lipinski definition) is 2. The van der Waals surface area contributed by atoms with Gasteiger partial charge in [0, 0.05) is 5.69 Å². The Morgan fingerprint density at radius 2 is 2.00 bits per heavy atom. The maximum Gasteiger partial charge on any atom is 0.0835 e. The molecule has 1 heterocycles. The van der Waals surface area contributed by atoms with Gasteiger partial charge in [-0.1, -0.05) is 23.7 Å². The Morgan fingerprint density at radius 1 is 1.28 bits per heavy atom. The lowest BCUT2D eigenvalue weighted by Crippen LogP contribution is -2.11. The molecule has 0 fully saturated rings. The Morgan fingerprint density at radius 3 is 2.67 bits per heavy atom. The summed E-state index contributed by atoms with van der Waals surface area (Å²) in [5, 5.41) is 8.49. The Kier molecular flexibility index (Phi) is 4.04. The monoisotopic (exact) mass is 263 g/mol. The summed E-state index contributed by atoms with van der Waals surface area (Å²) in [7, 11) is 1.96. The summed E-state index contributed by atoms with van der Waals surface area (Å²) < 4.78 is 1.93. The van der Waals surface area contributed by atoms with Gasteiger partial charge in [0.2, 0.25) is 0 Å². The fourth-order valence-electron chi connectivity index (χ4n) is 2.14. The third-order valence-corrected chi connectivity index (χ3v) is 3.47. The summed E-state index contributed by atoms with van der Waals surface area (Å²) in [6, 6.07) is 7.79. The zero-order valence-corrected chi connectivity index (χ0v) is 11.8. The van der Waals surface area contributed by atoms with Crippen LogP contribution in [0.5, 0.6) is 0 Å². The van der Waals surface area contributed by atoms with Gasteiger partial charge in [-0.2, -0.15) is 5.10 Å². The third-order valence-electron chi connectivity index (χ3n) is 3.15. The minimum absolute atomic E-state index is 0.725. The first-order valence-corrected chi connectivity index (χ1v) is 6.47. The van der Waals surface area contributed by atoms with Crippen molar-refractivity contribution in [3.8, 4) is 5.69 Å². The number of para-hydroxylation sites is 1. The second-order valence-corrected chi connectivity index (χ2v) is 4.77. The lowest BCUT2D eigenvalue weighted by atomic mass is 10.1. The van der Waals surface area contributed by atoms with E-state index in [0.717, 1.165) is 35.1 Å². The van der Waals surface area contributed by atoms with Crippen LogP contribution in [0.2, 0.25) is 5.02 Å². The van der Waals surface area contributed by atoms with E-state index in [1.165, 1.54) is 5.56 Å². The van der Waals surface area contributed by atoms with Crippen LogP contribution in [0.1, 0.15) is 17.0 Å². The summed E-state index contributed by atoms with van der Waals surface area (Å²) in [5.74, 6) is 0. The number of halogens is 1. The number of hydrogen-bond donors (Lipinski definition) is 1. The standard InChI is InChI=1S/C14H18ClN3/c1-10-12(8-9-16-3)11(2)18(17-10)14-7-5-4-6-13(14)15/h4-7,16H,8-9H2,1-3H3. The van der Waals surface area contributed by atoms with Crippen LogP contribution >= 0.6 is 11.6 Å². The molecule has 1 N–H and O–H groups in total. The summed E-state index contributed by atoms with van der Waals surface area (Å²) in [6.07, 6.45) is 0.985. The van der Waals surface area contributed by atoms with Crippen LogP contribution in [-0.2, 0) is 6.42 Å². The normalized spacial score (nSPS) is 10.9. The molecular formula is C14H18ClN3. The van der Waals surface area contributed by atoms with E-state index in [1.807, 2.05) is 42.9 Å². The molecule has 0 aliphatic heterocycles. The molecule has 0 aliphatic rings. The van der Waals surface area contributed by atoms with Crippen LogP contribution in [0.4, 0.5) is 0 Å². The van der Waals surface area contributed by atoms with Gasteiger partial charge in [-0.3, -0.25) is 0 Å². The average molecular weight is 264 g/mol. The van der Waals surface area contributed by atoms with Crippen LogP contribution in [0, 0.1) is 13.8 Å². The van der Waals surface area contributed by atoms with Gasteiger partial charge in [-0.25, -0.2) is 4.68 Å². The smallest absolute Gasteiger partial charge is 0.0835 e. The molecule has 18 heavy (non-hydrogen) atoms. The molecule has 0 radical (unpaired) electrons. The highest BCUT2D eigenvalue weighted by Gasteiger charge is 2.13. The van der Waals surface area contributed by atoms with Crippen LogP contribution in [0.3, 0.4) is 0 Å². The van der Waals surface area contributed by atoms with Crippen molar-refractivity contribution < 1.29 is 0 Å². The van der Waals surface area contributed by atoms with Crippen molar-refractivity contribution in [1.82, 2.24) is 15.1 Å². The molecular weight excluding hydrogens is 246 g/mol. The summed E-state index contributed by atoms with van der Waals surface area (Å²) in [4.78, 5) is 0. The molecule has 2 rings (SSSR count). The fourth-order valence-corrected chi connectivity index (χ4v) is 2.36. The molecule has 4 heteroatoms. The maximum absolute atomic E-state index is 6.22. The zero-order chi connectivity index (χ0) is 13.1. The first kappa shape index (κ1) is 13.1. The minimum Gasteiger partial charge on any atom is -0.319 e. The van der Waals surface area contributed by atoms with Crippen molar-refractivity contribution in [2.24, 2.45) is 0 Å². The highest BCUT2D eigenvalue weighted by atomic mass is 35.5. The van der Waals surface area contributed by atoms with Gasteiger partial charge >= 0.3 is 0 Å². The Labute approximate surface area is 113 Å². The molecule has 0 unspecified atom stereocenters. The molecule has 96 valence electrons. The average Bonchev–Trinajstić information content (AvgIpc) is 2.63. The van der Waals surface area contributed by atoms with E-state index >= 15 is 0 Å². The molecule has 0 bridgehead atoms. The number of nitrogens with one attached hydrogen (secondary N) is 1. The molecule has 3 nitrogen and oxygen atoms in total. The topological polar surface area (TPSA) is 29.9 Å². The van der Waals surface area contributed by atoms with Crippen molar-refractivity contribution in [3.05, 3.63) is 46.2 Å². The van der Waals surface area contributed by atoms with Crippen molar-refractivity contribution in [2.45, 2.75) is 20.3 Å². The molecule has 0 atom stereocenters. The lowest BCUT2D eigenvalue weighted by molar-refractivity contribution is 0.783. The summed E-state index contributed by atoms with van der Waals surface area (Å²) >= 11 is 6.22. The molecule has 1 aromatic carbocycles. The van der Waals surface area contributed by atoms with Crippen molar-refractivity contribution in [3.63, 3.8) is 0 Å². The second kappa shape index (κ2) is 5.55. The number of aromatic nitrogens is 2. The number of aryl methyl sites for hydroxylation is 1. The van der Waals surface area contributed by atoms with Gasteiger partial charge in [0.05, 0.1) is 16.4 Å². The molecule has 1 aromatic heterocycles. The van der Waals surface area contributed by atoms with Gasteiger partial charge in [0.25, 0.3) is 0 Å². The molecule has 0 amide bonds. The molecule has 0 aliphatic carbocycles.